The Bertz CT molecular complexity index is 647. The van der Waals surface area contributed by atoms with Crippen molar-refractivity contribution in [1.82, 2.24) is 15.0 Å². The molecule has 0 amide bonds. The normalized spacial score (nSPS) is 10.9. The summed E-state index contributed by atoms with van der Waals surface area (Å²) in [5.41, 5.74) is 5.52. The smallest absolute Gasteiger partial charge is 0.223 e. The Labute approximate surface area is 112 Å². The van der Waals surface area contributed by atoms with E-state index in [0.717, 1.165) is 5.75 Å². The van der Waals surface area contributed by atoms with Crippen molar-refractivity contribution in [2.75, 3.05) is 5.73 Å². The second-order valence-corrected chi connectivity index (χ2v) is 5.78. The first-order valence-electron chi connectivity index (χ1n) is 5.36. The van der Waals surface area contributed by atoms with Crippen LogP contribution in [0.3, 0.4) is 0 Å². The maximum absolute atomic E-state index is 5.52. The summed E-state index contributed by atoms with van der Waals surface area (Å²) in [6.07, 6.45) is 1.44. The van der Waals surface area contributed by atoms with Gasteiger partial charge in [-0.05, 0) is 17.5 Å². The quantitative estimate of drug-likeness (QED) is 0.744. The molecule has 2 N–H and O–H groups in total. The monoisotopic (exact) mass is 274 g/mol. The molecule has 0 aliphatic heterocycles. The van der Waals surface area contributed by atoms with Crippen molar-refractivity contribution in [2.24, 2.45) is 0 Å². The van der Waals surface area contributed by atoms with Gasteiger partial charge >= 0.3 is 0 Å². The van der Waals surface area contributed by atoms with E-state index in [-0.39, 0.29) is 5.95 Å². The largest absolute Gasteiger partial charge is 0.368 e. The first-order chi connectivity index (χ1) is 8.81. The van der Waals surface area contributed by atoms with E-state index >= 15 is 0 Å². The lowest BCUT2D eigenvalue weighted by Crippen LogP contribution is -1.96. The number of benzene rings is 1. The maximum atomic E-state index is 5.52. The van der Waals surface area contributed by atoms with Crippen LogP contribution in [0.4, 0.5) is 5.95 Å². The van der Waals surface area contributed by atoms with Crippen LogP contribution in [-0.4, -0.2) is 15.0 Å². The summed E-state index contributed by atoms with van der Waals surface area (Å²) in [5, 5.41) is 1.95. The Balaban J connectivity index is 1.76. The summed E-state index contributed by atoms with van der Waals surface area (Å²) in [7, 11) is 0. The highest BCUT2D eigenvalue weighted by Gasteiger charge is 2.04. The molecule has 2 aromatic heterocycles. The van der Waals surface area contributed by atoms with Gasteiger partial charge in [0.05, 0.1) is 0 Å². The fourth-order valence-corrected chi connectivity index (χ4v) is 3.51. The zero-order chi connectivity index (χ0) is 12.4. The van der Waals surface area contributed by atoms with Crippen molar-refractivity contribution in [3.8, 4) is 0 Å². The van der Waals surface area contributed by atoms with Crippen molar-refractivity contribution in [2.45, 2.75) is 10.9 Å². The Kier molecular flexibility index (Phi) is 3.12. The van der Waals surface area contributed by atoms with Crippen LogP contribution in [0.15, 0.2) is 41.8 Å². The lowest BCUT2D eigenvalue weighted by molar-refractivity contribution is 0.916. The van der Waals surface area contributed by atoms with Crippen molar-refractivity contribution in [3.05, 3.63) is 41.5 Å². The SMILES string of the molecule is Nc1ncnc(SCc2cc3ccccc3s2)n1. The van der Waals surface area contributed by atoms with Gasteiger partial charge in [0.25, 0.3) is 0 Å². The van der Waals surface area contributed by atoms with Crippen molar-refractivity contribution in [1.29, 1.82) is 0 Å². The lowest BCUT2D eigenvalue weighted by Gasteiger charge is -1.97. The predicted molar refractivity (Wildman–Crippen MR) is 75.6 cm³/mol. The third-order valence-electron chi connectivity index (χ3n) is 2.39. The number of hydrogen-bond acceptors (Lipinski definition) is 6. The number of aromatic nitrogens is 3. The predicted octanol–water partition coefficient (Wildman–Crippen LogP) is 2.96. The van der Waals surface area contributed by atoms with E-state index in [2.05, 4.69) is 45.3 Å². The summed E-state index contributed by atoms with van der Waals surface area (Å²) in [6, 6.07) is 10.6. The molecular formula is C12H10N4S2. The summed E-state index contributed by atoms with van der Waals surface area (Å²) < 4.78 is 1.31. The van der Waals surface area contributed by atoms with Gasteiger partial charge in [-0.25, -0.2) is 9.97 Å². The van der Waals surface area contributed by atoms with Gasteiger partial charge in [-0.15, -0.1) is 11.3 Å². The Morgan fingerprint density at radius 1 is 1.22 bits per heavy atom. The van der Waals surface area contributed by atoms with E-state index in [1.807, 2.05) is 0 Å². The minimum absolute atomic E-state index is 0.267. The number of anilines is 1. The summed E-state index contributed by atoms with van der Waals surface area (Å²) in [6.45, 7) is 0. The molecule has 4 nitrogen and oxygen atoms in total. The maximum Gasteiger partial charge on any atom is 0.223 e. The molecule has 0 unspecified atom stereocenters. The molecule has 3 aromatic rings. The molecule has 0 fully saturated rings. The summed E-state index contributed by atoms with van der Waals surface area (Å²) in [4.78, 5) is 13.2. The molecule has 90 valence electrons. The van der Waals surface area contributed by atoms with Gasteiger partial charge in [0.1, 0.15) is 6.33 Å². The Morgan fingerprint density at radius 3 is 2.94 bits per heavy atom. The third kappa shape index (κ3) is 2.44. The molecule has 0 spiro atoms. The van der Waals surface area contributed by atoms with E-state index in [9.17, 15) is 0 Å². The van der Waals surface area contributed by atoms with Crippen LogP contribution in [0, 0.1) is 0 Å². The molecule has 18 heavy (non-hydrogen) atoms. The van der Waals surface area contributed by atoms with E-state index in [0.29, 0.717) is 5.16 Å². The molecule has 0 saturated carbocycles. The van der Waals surface area contributed by atoms with Crippen molar-refractivity contribution < 1.29 is 0 Å². The molecule has 1 aromatic carbocycles. The fourth-order valence-electron chi connectivity index (χ4n) is 1.61. The highest BCUT2D eigenvalue weighted by Crippen LogP contribution is 2.29. The Morgan fingerprint density at radius 2 is 2.11 bits per heavy atom. The fraction of sp³-hybridized carbons (Fsp3) is 0.0833. The second-order valence-electron chi connectivity index (χ2n) is 3.67. The zero-order valence-corrected chi connectivity index (χ0v) is 11.0. The summed E-state index contributed by atoms with van der Waals surface area (Å²) in [5.74, 6) is 1.12. The number of nitrogen functional groups attached to an aromatic ring is 1. The van der Waals surface area contributed by atoms with E-state index in [1.165, 1.54) is 21.3 Å². The minimum Gasteiger partial charge on any atom is -0.368 e. The highest BCUT2D eigenvalue weighted by atomic mass is 32.2. The molecule has 6 heteroatoms. The molecule has 0 saturated heterocycles. The molecule has 0 atom stereocenters. The van der Waals surface area contributed by atoms with Gasteiger partial charge in [0.2, 0.25) is 5.95 Å². The number of thioether (sulfide) groups is 1. The van der Waals surface area contributed by atoms with Crippen LogP contribution in [-0.2, 0) is 5.75 Å². The second kappa shape index (κ2) is 4.91. The number of nitrogens with two attached hydrogens (primary N) is 1. The van der Waals surface area contributed by atoms with Gasteiger partial charge in [0.15, 0.2) is 5.16 Å². The third-order valence-corrected chi connectivity index (χ3v) is 4.60. The van der Waals surface area contributed by atoms with Gasteiger partial charge in [-0.3, -0.25) is 0 Å². The van der Waals surface area contributed by atoms with Crippen LogP contribution in [0.1, 0.15) is 4.88 Å². The minimum atomic E-state index is 0.267. The zero-order valence-electron chi connectivity index (χ0n) is 9.41. The summed E-state index contributed by atoms with van der Waals surface area (Å²) >= 11 is 3.37. The van der Waals surface area contributed by atoms with Gasteiger partial charge in [0, 0.05) is 15.3 Å². The number of rotatable bonds is 3. The molecule has 2 heterocycles. The highest BCUT2D eigenvalue weighted by molar-refractivity contribution is 7.98. The number of hydrogen-bond donors (Lipinski definition) is 1. The van der Waals surface area contributed by atoms with Gasteiger partial charge in [-0.2, -0.15) is 4.98 Å². The topological polar surface area (TPSA) is 64.7 Å². The van der Waals surface area contributed by atoms with E-state index in [1.54, 1.807) is 23.1 Å². The van der Waals surface area contributed by atoms with Crippen molar-refractivity contribution in [3.63, 3.8) is 0 Å². The number of fused-ring (bicyclic) bond motifs is 1. The lowest BCUT2D eigenvalue weighted by atomic mass is 10.2. The molecule has 0 bridgehead atoms. The average molecular weight is 274 g/mol. The molecule has 0 aliphatic rings. The van der Waals surface area contributed by atoms with Crippen LogP contribution in [0.5, 0.6) is 0 Å². The number of nitrogens with zero attached hydrogens (tertiary/aromatic N) is 3. The van der Waals surface area contributed by atoms with Crippen LogP contribution >= 0.6 is 23.1 Å². The van der Waals surface area contributed by atoms with E-state index < -0.39 is 0 Å². The van der Waals surface area contributed by atoms with Crippen LogP contribution in [0.2, 0.25) is 0 Å². The van der Waals surface area contributed by atoms with E-state index in [4.69, 9.17) is 5.73 Å². The van der Waals surface area contributed by atoms with Crippen molar-refractivity contribution >= 4 is 39.1 Å². The number of thiophene rings is 1. The van der Waals surface area contributed by atoms with Gasteiger partial charge in [-0.1, -0.05) is 30.0 Å². The average Bonchev–Trinajstić information content (AvgIpc) is 2.79. The molecule has 3 rings (SSSR count). The van der Waals surface area contributed by atoms with Gasteiger partial charge < -0.3 is 5.73 Å². The van der Waals surface area contributed by atoms with Crippen LogP contribution < -0.4 is 5.73 Å². The molecule has 0 radical (unpaired) electrons. The first kappa shape index (κ1) is 11.4. The Hall–Kier alpha value is -1.66. The van der Waals surface area contributed by atoms with Crippen LogP contribution in [0.25, 0.3) is 10.1 Å². The molecule has 0 aliphatic carbocycles. The standard InChI is InChI=1S/C12H10N4S2/c13-11-14-7-15-12(16-11)17-6-9-5-8-3-1-2-4-10(8)18-9/h1-5,7H,6H2,(H2,13,14,15,16). The molecular weight excluding hydrogens is 264 g/mol. The first-order valence-corrected chi connectivity index (χ1v) is 7.16.